The quantitative estimate of drug-likeness (QED) is 0.465. The van der Waals surface area contributed by atoms with Crippen LogP contribution in [0.1, 0.15) is 23.6 Å². The lowest BCUT2D eigenvalue weighted by molar-refractivity contribution is -0.496. The van der Waals surface area contributed by atoms with Crippen LogP contribution in [0.25, 0.3) is 6.08 Å². The van der Waals surface area contributed by atoms with E-state index in [1.165, 1.54) is 12.2 Å². The molecule has 27 heavy (non-hydrogen) atoms. The fraction of sp³-hybridized carbons (Fsp3) is 0.263. The third-order valence-corrected chi connectivity index (χ3v) is 3.61. The Bertz CT molecular complexity index is 820. The van der Waals surface area contributed by atoms with E-state index < -0.39 is 22.9 Å². The summed E-state index contributed by atoms with van der Waals surface area (Å²) in [6.07, 6.45) is 2.81. The fourth-order valence-corrected chi connectivity index (χ4v) is 2.48. The number of hydrogen-bond acceptors (Lipinski definition) is 6. The topological polar surface area (TPSA) is 105 Å². The minimum Gasteiger partial charge on any atom is -0.490 e. The molecule has 0 fully saturated rings. The molecule has 0 atom stereocenters. The highest BCUT2D eigenvalue weighted by atomic mass is 16.6. The zero-order valence-electron chi connectivity index (χ0n) is 14.9. The van der Waals surface area contributed by atoms with Gasteiger partial charge in [-0.1, -0.05) is 30.3 Å². The number of benzene rings is 2. The van der Waals surface area contributed by atoms with Crippen molar-refractivity contribution in [3.05, 3.63) is 85.5 Å². The number of nitro groups is 2. The van der Waals surface area contributed by atoms with Crippen molar-refractivity contribution in [2.45, 2.75) is 20.1 Å². The van der Waals surface area contributed by atoms with Crippen molar-refractivity contribution in [2.24, 2.45) is 0 Å². The van der Waals surface area contributed by atoms with Crippen molar-refractivity contribution in [3.63, 3.8) is 0 Å². The average molecular weight is 372 g/mol. The first kappa shape index (κ1) is 19.9. The van der Waals surface area contributed by atoms with Gasteiger partial charge >= 0.3 is 0 Å². The van der Waals surface area contributed by atoms with Crippen LogP contribution < -0.4 is 9.47 Å². The molecule has 0 aliphatic rings. The molecule has 0 unspecified atom stereocenters. The van der Waals surface area contributed by atoms with Crippen LogP contribution in [-0.4, -0.2) is 23.0 Å². The molecule has 8 heteroatoms. The monoisotopic (exact) mass is 372 g/mol. The second-order valence-electron chi connectivity index (χ2n) is 5.58. The van der Waals surface area contributed by atoms with Gasteiger partial charge < -0.3 is 9.47 Å². The van der Waals surface area contributed by atoms with Crippen LogP contribution in [0.4, 0.5) is 0 Å². The van der Waals surface area contributed by atoms with Gasteiger partial charge in [-0.2, -0.15) is 0 Å². The lowest BCUT2D eigenvalue weighted by Gasteiger charge is -2.16. The van der Waals surface area contributed by atoms with Gasteiger partial charge in [0.05, 0.1) is 6.61 Å². The predicted octanol–water partition coefficient (Wildman–Crippen LogP) is 3.73. The van der Waals surface area contributed by atoms with E-state index in [1.807, 2.05) is 37.3 Å². The summed E-state index contributed by atoms with van der Waals surface area (Å²) in [7, 11) is 0. The van der Waals surface area contributed by atoms with Crippen LogP contribution in [0.2, 0.25) is 0 Å². The van der Waals surface area contributed by atoms with E-state index in [2.05, 4.69) is 0 Å². The molecular weight excluding hydrogens is 352 g/mol. The molecule has 0 saturated carbocycles. The molecule has 8 nitrogen and oxygen atoms in total. The van der Waals surface area contributed by atoms with Crippen LogP contribution in [0.3, 0.4) is 0 Å². The zero-order chi connectivity index (χ0) is 19.6. The summed E-state index contributed by atoms with van der Waals surface area (Å²) in [5.41, 5.74) is 1.72. The highest BCUT2D eigenvalue weighted by molar-refractivity contribution is 5.66. The van der Waals surface area contributed by atoms with Crippen LogP contribution in [0, 0.1) is 20.2 Å². The molecule has 0 amide bonds. The van der Waals surface area contributed by atoms with E-state index in [9.17, 15) is 20.2 Å². The van der Waals surface area contributed by atoms with Gasteiger partial charge in [0, 0.05) is 21.0 Å². The third-order valence-electron chi connectivity index (χ3n) is 3.61. The molecule has 0 spiro atoms. The molecule has 0 aliphatic carbocycles. The van der Waals surface area contributed by atoms with E-state index >= 15 is 0 Å². The zero-order valence-corrected chi connectivity index (χ0v) is 14.9. The maximum Gasteiger partial charge on any atom is 0.229 e. The summed E-state index contributed by atoms with van der Waals surface area (Å²) in [6.45, 7) is 1.61. The van der Waals surface area contributed by atoms with E-state index in [4.69, 9.17) is 9.47 Å². The van der Waals surface area contributed by atoms with Crippen molar-refractivity contribution in [1.29, 1.82) is 0 Å². The summed E-state index contributed by atoms with van der Waals surface area (Å²) in [5, 5.41) is 21.6. The van der Waals surface area contributed by atoms with Crippen molar-refractivity contribution in [1.82, 2.24) is 0 Å². The van der Waals surface area contributed by atoms with Gasteiger partial charge in [-0.25, -0.2) is 0 Å². The van der Waals surface area contributed by atoms with Crippen LogP contribution in [-0.2, 0) is 13.2 Å². The Morgan fingerprint density at radius 2 is 1.74 bits per heavy atom. The van der Waals surface area contributed by atoms with Gasteiger partial charge in [-0.15, -0.1) is 0 Å². The molecular formula is C19H20N2O6. The number of ether oxygens (including phenoxy) is 2. The van der Waals surface area contributed by atoms with Gasteiger partial charge in [0.15, 0.2) is 11.5 Å². The van der Waals surface area contributed by atoms with E-state index in [1.54, 1.807) is 12.1 Å². The largest absolute Gasteiger partial charge is 0.490 e. The van der Waals surface area contributed by atoms with Gasteiger partial charge in [-0.05, 0) is 36.8 Å². The average Bonchev–Trinajstić information content (AvgIpc) is 2.63. The molecule has 0 saturated heterocycles. The molecule has 0 aromatic heterocycles. The molecule has 142 valence electrons. The summed E-state index contributed by atoms with van der Waals surface area (Å²) in [6, 6.07) is 12.6. The molecule has 2 rings (SSSR count). The van der Waals surface area contributed by atoms with E-state index in [0.29, 0.717) is 29.2 Å². The summed E-state index contributed by atoms with van der Waals surface area (Å²) >= 11 is 0. The molecule has 0 aliphatic heterocycles. The molecule has 0 bridgehead atoms. The first-order valence-corrected chi connectivity index (χ1v) is 8.36. The van der Waals surface area contributed by atoms with Crippen LogP contribution in [0.5, 0.6) is 11.5 Å². The van der Waals surface area contributed by atoms with Crippen LogP contribution in [0.15, 0.2) is 48.5 Å². The minimum absolute atomic E-state index is 0.235. The van der Waals surface area contributed by atoms with E-state index in [0.717, 1.165) is 5.56 Å². The Balaban J connectivity index is 2.43. The minimum atomic E-state index is -0.486. The standard InChI is InChI=1S/C19H20N2O6/c1-2-26-18-11-10-16(13-21(24)25)17(9-6-12-20(22)23)19(18)27-14-15-7-4-3-5-8-15/h3-11H,2,12-14H2,1H3. The van der Waals surface area contributed by atoms with Gasteiger partial charge in [0.25, 0.3) is 0 Å². The number of nitrogens with zero attached hydrogens (tertiary/aromatic N) is 2. The maximum atomic E-state index is 11.0. The van der Waals surface area contributed by atoms with Crippen molar-refractivity contribution >= 4 is 6.08 Å². The summed E-state index contributed by atoms with van der Waals surface area (Å²) in [4.78, 5) is 20.7. The normalized spacial score (nSPS) is 10.7. The van der Waals surface area contributed by atoms with Crippen molar-refractivity contribution < 1.29 is 19.3 Å². The first-order chi connectivity index (χ1) is 13.0. The molecule has 0 N–H and O–H groups in total. The first-order valence-electron chi connectivity index (χ1n) is 8.36. The van der Waals surface area contributed by atoms with E-state index in [-0.39, 0.29) is 6.61 Å². The highest BCUT2D eigenvalue weighted by Gasteiger charge is 2.17. The Kier molecular flexibility index (Phi) is 7.30. The lowest BCUT2D eigenvalue weighted by Crippen LogP contribution is -2.06. The Morgan fingerprint density at radius 3 is 2.37 bits per heavy atom. The van der Waals surface area contributed by atoms with Gasteiger partial charge in [0.2, 0.25) is 13.1 Å². The Morgan fingerprint density at radius 1 is 1.00 bits per heavy atom. The van der Waals surface area contributed by atoms with Gasteiger partial charge in [-0.3, -0.25) is 20.2 Å². The van der Waals surface area contributed by atoms with Crippen molar-refractivity contribution in [2.75, 3.05) is 13.2 Å². The van der Waals surface area contributed by atoms with Crippen LogP contribution >= 0.6 is 0 Å². The highest BCUT2D eigenvalue weighted by Crippen LogP contribution is 2.36. The Hall–Kier alpha value is -3.42. The maximum absolute atomic E-state index is 11.0. The Labute approximate surface area is 156 Å². The molecule has 0 heterocycles. The lowest BCUT2D eigenvalue weighted by atomic mass is 10.0. The molecule has 2 aromatic rings. The molecule has 0 radical (unpaired) electrons. The molecule has 2 aromatic carbocycles. The van der Waals surface area contributed by atoms with Crippen molar-refractivity contribution in [3.8, 4) is 11.5 Å². The second-order valence-corrected chi connectivity index (χ2v) is 5.58. The number of hydrogen-bond donors (Lipinski definition) is 0. The summed E-state index contributed by atoms with van der Waals surface area (Å²) < 4.78 is 11.5. The smallest absolute Gasteiger partial charge is 0.229 e. The summed E-state index contributed by atoms with van der Waals surface area (Å²) in [5.74, 6) is 0.765. The fourth-order valence-electron chi connectivity index (χ4n) is 2.48. The predicted molar refractivity (Wildman–Crippen MR) is 100.0 cm³/mol. The third kappa shape index (κ3) is 6.10. The SMILES string of the molecule is CCOc1ccc(C[N+](=O)[O-])c(C=CC[N+](=O)[O-])c1OCc1ccccc1. The number of rotatable bonds is 10. The second kappa shape index (κ2) is 9.91. The van der Waals surface area contributed by atoms with Gasteiger partial charge in [0.1, 0.15) is 6.61 Å².